The van der Waals surface area contributed by atoms with Crippen molar-refractivity contribution >= 4 is 17.9 Å². The SMILES string of the molecule is C=CCOc1ccc(/C=C2/N=C(c3ccccc3)OC2=O)c(OCC=C)c1. The number of aliphatic imine (C=N–C) groups is 1. The van der Waals surface area contributed by atoms with Crippen molar-refractivity contribution in [3.63, 3.8) is 0 Å². The first-order valence-corrected chi connectivity index (χ1v) is 8.40. The molecule has 1 heterocycles. The smallest absolute Gasteiger partial charge is 0.363 e. The standard InChI is InChI=1S/C22H19NO4/c1-3-12-25-18-11-10-17(20(15-18)26-13-4-2)14-19-22(24)27-21(23-19)16-8-6-5-7-9-16/h3-11,14-15H,1-2,12-13H2/b19-14+. The van der Waals surface area contributed by atoms with Crippen molar-refractivity contribution < 1.29 is 19.0 Å². The van der Waals surface area contributed by atoms with E-state index in [1.165, 1.54) is 0 Å². The maximum Gasteiger partial charge on any atom is 0.363 e. The second kappa shape index (κ2) is 8.67. The third-order valence-corrected chi connectivity index (χ3v) is 3.64. The lowest BCUT2D eigenvalue weighted by Gasteiger charge is -2.10. The molecular weight excluding hydrogens is 342 g/mol. The molecular formula is C22H19NO4. The molecule has 3 rings (SSSR count). The van der Waals surface area contributed by atoms with E-state index in [-0.39, 0.29) is 11.6 Å². The van der Waals surface area contributed by atoms with E-state index in [1.54, 1.807) is 36.4 Å². The topological polar surface area (TPSA) is 57.1 Å². The molecule has 0 bridgehead atoms. The fourth-order valence-electron chi connectivity index (χ4n) is 2.41. The molecule has 0 saturated heterocycles. The van der Waals surface area contributed by atoms with Gasteiger partial charge in [0.05, 0.1) is 0 Å². The Balaban J connectivity index is 1.92. The normalized spacial score (nSPS) is 14.4. The van der Waals surface area contributed by atoms with Crippen LogP contribution in [0.25, 0.3) is 6.08 Å². The Kier molecular flexibility index (Phi) is 5.84. The van der Waals surface area contributed by atoms with Gasteiger partial charge in [0.15, 0.2) is 5.70 Å². The summed E-state index contributed by atoms with van der Waals surface area (Å²) >= 11 is 0. The van der Waals surface area contributed by atoms with Crippen LogP contribution in [0.4, 0.5) is 0 Å². The van der Waals surface area contributed by atoms with Crippen LogP contribution in [0.15, 0.2) is 84.5 Å². The van der Waals surface area contributed by atoms with Crippen LogP contribution < -0.4 is 9.47 Å². The molecule has 0 unspecified atom stereocenters. The lowest BCUT2D eigenvalue weighted by molar-refractivity contribution is -0.129. The van der Waals surface area contributed by atoms with Crippen molar-refractivity contribution in [2.24, 2.45) is 4.99 Å². The van der Waals surface area contributed by atoms with Gasteiger partial charge in [0.25, 0.3) is 0 Å². The molecule has 0 radical (unpaired) electrons. The van der Waals surface area contributed by atoms with Crippen LogP contribution in [-0.2, 0) is 9.53 Å². The van der Waals surface area contributed by atoms with Crippen molar-refractivity contribution in [1.82, 2.24) is 0 Å². The second-order valence-electron chi connectivity index (χ2n) is 5.60. The van der Waals surface area contributed by atoms with Crippen LogP contribution >= 0.6 is 0 Å². The van der Waals surface area contributed by atoms with E-state index in [0.717, 1.165) is 5.56 Å². The van der Waals surface area contributed by atoms with Gasteiger partial charge >= 0.3 is 5.97 Å². The summed E-state index contributed by atoms with van der Waals surface area (Å²) in [5.74, 6) is 0.973. The first-order chi connectivity index (χ1) is 13.2. The fourth-order valence-corrected chi connectivity index (χ4v) is 2.41. The molecule has 1 aliphatic rings. The number of hydrogen-bond donors (Lipinski definition) is 0. The summed E-state index contributed by atoms with van der Waals surface area (Å²) in [6, 6.07) is 14.6. The second-order valence-corrected chi connectivity index (χ2v) is 5.60. The largest absolute Gasteiger partial charge is 0.489 e. The first kappa shape index (κ1) is 18.2. The molecule has 0 fully saturated rings. The summed E-state index contributed by atoms with van der Waals surface area (Å²) in [5.41, 5.74) is 1.63. The zero-order valence-electron chi connectivity index (χ0n) is 14.8. The molecule has 0 saturated carbocycles. The van der Waals surface area contributed by atoms with Crippen LogP contribution in [0.5, 0.6) is 11.5 Å². The van der Waals surface area contributed by atoms with Crippen LogP contribution in [0, 0.1) is 0 Å². The number of nitrogens with zero attached hydrogens (tertiary/aromatic N) is 1. The fraction of sp³-hybridized carbons (Fsp3) is 0.0909. The van der Waals surface area contributed by atoms with E-state index < -0.39 is 5.97 Å². The Morgan fingerprint density at radius 2 is 1.74 bits per heavy atom. The molecule has 136 valence electrons. The van der Waals surface area contributed by atoms with Crippen molar-refractivity contribution in [2.45, 2.75) is 0 Å². The summed E-state index contributed by atoms with van der Waals surface area (Å²) in [6.45, 7) is 8.00. The number of carbonyl (C=O) groups excluding carboxylic acids is 1. The van der Waals surface area contributed by atoms with E-state index in [0.29, 0.717) is 30.3 Å². The zero-order chi connectivity index (χ0) is 19.1. The van der Waals surface area contributed by atoms with Gasteiger partial charge < -0.3 is 14.2 Å². The number of ether oxygens (including phenoxy) is 3. The highest BCUT2D eigenvalue weighted by atomic mass is 16.6. The van der Waals surface area contributed by atoms with Crippen LogP contribution in [0.2, 0.25) is 0 Å². The molecule has 0 amide bonds. The Labute approximate surface area is 157 Å². The Morgan fingerprint density at radius 1 is 1.00 bits per heavy atom. The maximum absolute atomic E-state index is 12.2. The Morgan fingerprint density at radius 3 is 2.48 bits per heavy atom. The van der Waals surface area contributed by atoms with E-state index in [9.17, 15) is 4.79 Å². The van der Waals surface area contributed by atoms with E-state index in [4.69, 9.17) is 14.2 Å². The molecule has 0 atom stereocenters. The van der Waals surface area contributed by atoms with Gasteiger partial charge in [-0.1, -0.05) is 43.5 Å². The molecule has 0 aliphatic carbocycles. The molecule has 27 heavy (non-hydrogen) atoms. The maximum atomic E-state index is 12.2. The van der Waals surface area contributed by atoms with Gasteiger partial charge in [-0.15, -0.1) is 0 Å². The number of benzene rings is 2. The van der Waals surface area contributed by atoms with Gasteiger partial charge in [0.1, 0.15) is 24.7 Å². The van der Waals surface area contributed by atoms with Crippen molar-refractivity contribution in [3.8, 4) is 11.5 Å². The summed E-state index contributed by atoms with van der Waals surface area (Å²) < 4.78 is 16.5. The van der Waals surface area contributed by atoms with Crippen LogP contribution in [-0.4, -0.2) is 25.1 Å². The van der Waals surface area contributed by atoms with Crippen molar-refractivity contribution in [3.05, 3.63) is 90.7 Å². The monoisotopic (exact) mass is 361 g/mol. The summed E-state index contributed by atoms with van der Waals surface area (Å²) in [5, 5.41) is 0. The minimum atomic E-state index is -0.504. The van der Waals surface area contributed by atoms with Gasteiger partial charge in [-0.2, -0.15) is 0 Å². The van der Waals surface area contributed by atoms with Gasteiger partial charge in [0, 0.05) is 17.2 Å². The predicted molar refractivity (Wildman–Crippen MR) is 105 cm³/mol. The van der Waals surface area contributed by atoms with Gasteiger partial charge in [-0.3, -0.25) is 0 Å². The first-order valence-electron chi connectivity index (χ1n) is 8.40. The average molecular weight is 361 g/mol. The molecule has 5 heteroatoms. The van der Waals surface area contributed by atoms with E-state index in [1.807, 2.05) is 30.3 Å². The highest BCUT2D eigenvalue weighted by Crippen LogP contribution is 2.29. The average Bonchev–Trinajstić information content (AvgIpc) is 3.07. The quantitative estimate of drug-likeness (QED) is 0.402. The highest BCUT2D eigenvalue weighted by molar-refractivity contribution is 6.12. The summed E-state index contributed by atoms with van der Waals surface area (Å²) in [4.78, 5) is 16.5. The molecule has 2 aromatic carbocycles. The summed E-state index contributed by atoms with van der Waals surface area (Å²) in [7, 11) is 0. The van der Waals surface area contributed by atoms with Crippen molar-refractivity contribution in [2.75, 3.05) is 13.2 Å². The number of esters is 1. The zero-order valence-corrected chi connectivity index (χ0v) is 14.8. The third kappa shape index (κ3) is 4.52. The Bertz CT molecular complexity index is 913. The number of carbonyl (C=O) groups is 1. The number of cyclic esters (lactones) is 1. The lowest BCUT2D eigenvalue weighted by Crippen LogP contribution is -2.05. The minimum absolute atomic E-state index is 0.206. The van der Waals surface area contributed by atoms with Crippen molar-refractivity contribution in [1.29, 1.82) is 0 Å². The van der Waals surface area contributed by atoms with Crippen LogP contribution in [0.1, 0.15) is 11.1 Å². The van der Waals surface area contributed by atoms with Gasteiger partial charge in [-0.05, 0) is 30.3 Å². The van der Waals surface area contributed by atoms with Gasteiger partial charge in [0.2, 0.25) is 5.90 Å². The van der Waals surface area contributed by atoms with Crippen LogP contribution in [0.3, 0.4) is 0 Å². The predicted octanol–water partition coefficient (Wildman–Crippen LogP) is 4.16. The van der Waals surface area contributed by atoms with Gasteiger partial charge in [-0.25, -0.2) is 9.79 Å². The minimum Gasteiger partial charge on any atom is -0.489 e. The highest BCUT2D eigenvalue weighted by Gasteiger charge is 2.24. The molecule has 5 nitrogen and oxygen atoms in total. The van der Waals surface area contributed by atoms with E-state index in [2.05, 4.69) is 18.2 Å². The summed E-state index contributed by atoms with van der Waals surface area (Å²) in [6.07, 6.45) is 4.94. The van der Waals surface area contributed by atoms with E-state index >= 15 is 0 Å². The lowest BCUT2D eigenvalue weighted by atomic mass is 10.1. The molecule has 0 N–H and O–H groups in total. The number of hydrogen-bond acceptors (Lipinski definition) is 5. The molecule has 0 spiro atoms. The third-order valence-electron chi connectivity index (χ3n) is 3.64. The molecule has 1 aliphatic heterocycles. The Hall–Kier alpha value is -3.60. The molecule has 0 aromatic heterocycles. The molecule has 2 aromatic rings. The number of rotatable bonds is 8.